The Bertz CT molecular complexity index is 218. The van der Waals surface area contributed by atoms with E-state index < -0.39 is 0 Å². The Morgan fingerprint density at radius 3 is 2.82 bits per heavy atom. The average Bonchev–Trinajstić information content (AvgIpc) is 3.18. The van der Waals surface area contributed by atoms with Gasteiger partial charge >= 0.3 is 0 Å². The molecular formula is C14H28N2O. The molecule has 3 nitrogen and oxygen atoms in total. The molecule has 2 rings (SSSR count). The fourth-order valence-corrected chi connectivity index (χ4v) is 2.87. The van der Waals surface area contributed by atoms with Crippen LogP contribution in [0.5, 0.6) is 0 Å². The zero-order valence-corrected chi connectivity index (χ0v) is 11.5. The van der Waals surface area contributed by atoms with Crippen LogP contribution < -0.4 is 5.32 Å². The third kappa shape index (κ3) is 4.23. The van der Waals surface area contributed by atoms with Gasteiger partial charge in [-0.25, -0.2) is 0 Å². The minimum atomic E-state index is 0.668. The third-order valence-corrected chi connectivity index (χ3v) is 4.20. The topological polar surface area (TPSA) is 24.5 Å². The molecule has 2 fully saturated rings. The number of ether oxygens (including phenoxy) is 1. The molecule has 0 radical (unpaired) electrons. The van der Waals surface area contributed by atoms with Crippen LogP contribution in [0.2, 0.25) is 0 Å². The van der Waals surface area contributed by atoms with Crippen molar-refractivity contribution in [3.8, 4) is 0 Å². The summed E-state index contributed by atoms with van der Waals surface area (Å²) in [7, 11) is 1.80. The second kappa shape index (κ2) is 6.72. The molecule has 0 bridgehead atoms. The highest BCUT2D eigenvalue weighted by Crippen LogP contribution is 2.23. The van der Waals surface area contributed by atoms with Gasteiger partial charge < -0.3 is 10.1 Å². The van der Waals surface area contributed by atoms with E-state index in [2.05, 4.69) is 17.1 Å². The molecule has 100 valence electrons. The third-order valence-electron chi connectivity index (χ3n) is 4.20. The molecule has 1 heterocycles. The first kappa shape index (κ1) is 13.3. The first-order valence-corrected chi connectivity index (χ1v) is 7.29. The van der Waals surface area contributed by atoms with Crippen LogP contribution in [-0.4, -0.2) is 49.8 Å². The maximum absolute atomic E-state index is 5.20. The summed E-state index contributed by atoms with van der Waals surface area (Å²) in [5.41, 5.74) is 0. The molecule has 2 atom stereocenters. The molecule has 1 saturated carbocycles. The molecule has 0 spiro atoms. The number of hydrogen-bond acceptors (Lipinski definition) is 3. The van der Waals surface area contributed by atoms with Crippen LogP contribution in [-0.2, 0) is 4.74 Å². The van der Waals surface area contributed by atoms with Crippen LogP contribution in [0.4, 0.5) is 0 Å². The monoisotopic (exact) mass is 240 g/mol. The number of nitrogens with zero attached hydrogens (tertiary/aromatic N) is 1. The van der Waals surface area contributed by atoms with Crippen LogP contribution >= 0.6 is 0 Å². The van der Waals surface area contributed by atoms with E-state index in [1.54, 1.807) is 7.11 Å². The predicted molar refractivity (Wildman–Crippen MR) is 71.3 cm³/mol. The Kier molecular flexibility index (Phi) is 5.26. The fourth-order valence-electron chi connectivity index (χ4n) is 2.87. The molecule has 0 amide bonds. The van der Waals surface area contributed by atoms with Gasteiger partial charge in [-0.05, 0) is 45.6 Å². The van der Waals surface area contributed by atoms with Gasteiger partial charge in [0.15, 0.2) is 0 Å². The summed E-state index contributed by atoms with van der Waals surface area (Å²) < 4.78 is 5.20. The SMILES string of the molecule is COCCC(C)N1CCCCC1CNC1CC1. The van der Waals surface area contributed by atoms with Crippen LogP contribution in [0.1, 0.15) is 45.4 Å². The van der Waals surface area contributed by atoms with Gasteiger partial charge in [0.25, 0.3) is 0 Å². The molecule has 3 heteroatoms. The molecule has 0 aromatic heterocycles. The summed E-state index contributed by atoms with van der Waals surface area (Å²) in [6, 6.07) is 2.27. The Balaban J connectivity index is 1.77. The smallest absolute Gasteiger partial charge is 0.0477 e. The highest BCUT2D eigenvalue weighted by molar-refractivity contribution is 4.87. The lowest BCUT2D eigenvalue weighted by atomic mass is 9.99. The molecule has 1 N–H and O–H groups in total. The van der Waals surface area contributed by atoms with Crippen molar-refractivity contribution in [2.45, 2.75) is 63.6 Å². The molecule has 0 aromatic carbocycles. The normalized spacial score (nSPS) is 28.2. The van der Waals surface area contributed by atoms with E-state index in [0.717, 1.165) is 25.1 Å². The van der Waals surface area contributed by atoms with Gasteiger partial charge in [-0.1, -0.05) is 6.42 Å². The van der Waals surface area contributed by atoms with Gasteiger partial charge in [0.1, 0.15) is 0 Å². The number of likely N-dealkylation sites (tertiary alicyclic amines) is 1. The summed E-state index contributed by atoms with van der Waals surface area (Å²) >= 11 is 0. The van der Waals surface area contributed by atoms with E-state index in [1.165, 1.54) is 45.2 Å². The summed E-state index contributed by atoms with van der Waals surface area (Å²) in [5.74, 6) is 0. The molecule has 0 aromatic rings. The largest absolute Gasteiger partial charge is 0.385 e. The Labute approximate surface area is 106 Å². The van der Waals surface area contributed by atoms with Gasteiger partial charge in [-0.2, -0.15) is 0 Å². The molecular weight excluding hydrogens is 212 g/mol. The first-order chi connectivity index (χ1) is 8.31. The van der Waals surface area contributed by atoms with Crippen molar-refractivity contribution < 1.29 is 4.74 Å². The lowest BCUT2D eigenvalue weighted by Gasteiger charge is -2.40. The Morgan fingerprint density at radius 2 is 2.12 bits per heavy atom. The van der Waals surface area contributed by atoms with Crippen LogP contribution in [0.3, 0.4) is 0 Å². The van der Waals surface area contributed by atoms with Crippen molar-refractivity contribution in [1.29, 1.82) is 0 Å². The number of methoxy groups -OCH3 is 1. The quantitative estimate of drug-likeness (QED) is 0.737. The Morgan fingerprint density at radius 1 is 1.29 bits per heavy atom. The summed E-state index contributed by atoms with van der Waals surface area (Å²) in [6.45, 7) is 5.72. The number of hydrogen-bond donors (Lipinski definition) is 1. The second-order valence-corrected chi connectivity index (χ2v) is 5.70. The standard InChI is InChI=1S/C14H28N2O/c1-12(8-10-17-2)16-9-4-3-5-14(16)11-15-13-6-7-13/h12-15H,3-11H2,1-2H3. The number of rotatable bonds is 7. The van der Waals surface area contributed by atoms with Gasteiger partial charge in [0.2, 0.25) is 0 Å². The molecule has 17 heavy (non-hydrogen) atoms. The van der Waals surface area contributed by atoms with Gasteiger partial charge in [-0.3, -0.25) is 4.90 Å². The van der Waals surface area contributed by atoms with Gasteiger partial charge in [-0.15, -0.1) is 0 Å². The fraction of sp³-hybridized carbons (Fsp3) is 1.00. The summed E-state index contributed by atoms with van der Waals surface area (Å²) in [4.78, 5) is 2.71. The van der Waals surface area contributed by atoms with Crippen molar-refractivity contribution in [3.63, 3.8) is 0 Å². The molecule has 2 aliphatic rings. The van der Waals surface area contributed by atoms with E-state index >= 15 is 0 Å². The van der Waals surface area contributed by atoms with E-state index in [1.807, 2.05) is 0 Å². The maximum Gasteiger partial charge on any atom is 0.0477 e. The number of piperidine rings is 1. The van der Waals surface area contributed by atoms with Gasteiger partial charge in [0.05, 0.1) is 0 Å². The highest BCUT2D eigenvalue weighted by Gasteiger charge is 2.28. The predicted octanol–water partition coefficient (Wildman–Crippen LogP) is 2.02. The minimum absolute atomic E-state index is 0.668. The lowest BCUT2D eigenvalue weighted by Crippen LogP contribution is -2.50. The van der Waals surface area contributed by atoms with E-state index in [0.29, 0.717) is 6.04 Å². The summed E-state index contributed by atoms with van der Waals surface area (Å²) in [6.07, 6.45) is 8.10. The van der Waals surface area contributed by atoms with Crippen molar-refractivity contribution in [1.82, 2.24) is 10.2 Å². The van der Waals surface area contributed by atoms with Gasteiger partial charge in [0, 0.05) is 38.4 Å². The lowest BCUT2D eigenvalue weighted by molar-refractivity contribution is 0.0774. The van der Waals surface area contributed by atoms with E-state index in [-0.39, 0.29) is 0 Å². The molecule has 1 aliphatic heterocycles. The van der Waals surface area contributed by atoms with Crippen molar-refractivity contribution in [2.24, 2.45) is 0 Å². The van der Waals surface area contributed by atoms with Crippen LogP contribution in [0.15, 0.2) is 0 Å². The molecule has 2 unspecified atom stereocenters. The van der Waals surface area contributed by atoms with Crippen LogP contribution in [0.25, 0.3) is 0 Å². The van der Waals surface area contributed by atoms with Crippen LogP contribution in [0, 0.1) is 0 Å². The Hall–Kier alpha value is -0.120. The minimum Gasteiger partial charge on any atom is -0.385 e. The van der Waals surface area contributed by atoms with E-state index in [9.17, 15) is 0 Å². The zero-order chi connectivity index (χ0) is 12.1. The summed E-state index contributed by atoms with van der Waals surface area (Å²) in [5, 5.41) is 3.69. The van der Waals surface area contributed by atoms with E-state index in [4.69, 9.17) is 4.74 Å². The number of nitrogens with one attached hydrogen (secondary N) is 1. The second-order valence-electron chi connectivity index (χ2n) is 5.70. The first-order valence-electron chi connectivity index (χ1n) is 7.29. The van der Waals surface area contributed by atoms with Crippen molar-refractivity contribution >= 4 is 0 Å². The maximum atomic E-state index is 5.20. The zero-order valence-electron chi connectivity index (χ0n) is 11.5. The van der Waals surface area contributed by atoms with Crippen molar-refractivity contribution in [2.75, 3.05) is 26.8 Å². The average molecular weight is 240 g/mol. The highest BCUT2D eigenvalue weighted by atomic mass is 16.5. The molecule has 1 saturated heterocycles. The van der Waals surface area contributed by atoms with Crippen molar-refractivity contribution in [3.05, 3.63) is 0 Å². The molecule has 1 aliphatic carbocycles.